The summed E-state index contributed by atoms with van der Waals surface area (Å²) < 4.78 is 81.4. The van der Waals surface area contributed by atoms with Crippen LogP contribution < -0.4 is 0 Å². The van der Waals surface area contributed by atoms with Gasteiger partial charge in [-0.25, -0.2) is 0 Å². The molecule has 71 heavy (non-hydrogen) atoms. The number of unbranched alkanes of at least 4 members (excludes halogenated alkanes) is 5. The van der Waals surface area contributed by atoms with Crippen LogP contribution in [0, 0.1) is 0 Å². The molecule has 0 radical (unpaired) electrons. The summed E-state index contributed by atoms with van der Waals surface area (Å²) in [6.07, 6.45) is -14.6. The topological polar surface area (TPSA) is 332 Å². The highest BCUT2D eigenvalue weighted by Crippen LogP contribution is 2.42. The molecule has 3 heterocycles. The number of azide groups is 1. The Bertz CT molecular complexity index is 1900. The summed E-state index contributed by atoms with van der Waals surface area (Å²) in [5, 5.41) is 3.08. The minimum Gasteiger partial charge on any atom is -0.469 e. The number of carbonyl (C=O) groups is 9. The molecule has 3 aliphatic rings. The molecule has 3 fully saturated rings. The summed E-state index contributed by atoms with van der Waals surface area (Å²) in [5.74, 6) is -7.18. The van der Waals surface area contributed by atoms with E-state index in [1.165, 1.54) is 7.11 Å². The minimum absolute atomic E-state index is 0.0532. The molecule has 400 valence electrons. The van der Waals surface area contributed by atoms with Crippen molar-refractivity contribution in [3.63, 3.8) is 0 Å². The molecule has 0 amide bonds. The largest absolute Gasteiger partial charge is 0.469 e. The van der Waals surface area contributed by atoms with Gasteiger partial charge in [0.05, 0.1) is 7.11 Å². The second kappa shape index (κ2) is 29.9. The van der Waals surface area contributed by atoms with Crippen LogP contribution >= 0.6 is 11.8 Å². The van der Waals surface area contributed by atoms with Crippen molar-refractivity contribution in [3.05, 3.63) is 10.4 Å². The average Bonchev–Trinajstić information content (AvgIpc) is 3.26. The van der Waals surface area contributed by atoms with E-state index in [1.807, 2.05) is 0 Å². The fourth-order valence-electron chi connectivity index (χ4n) is 7.93. The van der Waals surface area contributed by atoms with Gasteiger partial charge in [0.15, 0.2) is 49.2 Å². The van der Waals surface area contributed by atoms with Crippen LogP contribution in [0.25, 0.3) is 10.4 Å². The lowest BCUT2D eigenvalue weighted by Crippen LogP contribution is -2.67. The number of hydrogen-bond acceptors (Lipinski definition) is 25. The van der Waals surface area contributed by atoms with Gasteiger partial charge in [-0.15, -0.1) is 11.8 Å². The van der Waals surface area contributed by atoms with E-state index in [-0.39, 0.29) is 12.6 Å². The van der Waals surface area contributed by atoms with Gasteiger partial charge in [-0.1, -0.05) is 30.8 Å². The van der Waals surface area contributed by atoms with E-state index in [0.717, 1.165) is 86.4 Å². The molecular weight excluding hydrogens is 971 g/mol. The van der Waals surface area contributed by atoms with Gasteiger partial charge in [-0.05, 0) is 25.3 Å². The smallest absolute Gasteiger partial charge is 0.305 e. The Kier molecular flexibility index (Phi) is 25.3. The second-order valence-corrected chi connectivity index (χ2v) is 18.0. The number of rotatable bonds is 25. The average molecular weight is 1040 g/mol. The second-order valence-electron chi connectivity index (χ2n) is 16.6. The van der Waals surface area contributed by atoms with Crippen LogP contribution in [0.2, 0.25) is 0 Å². The van der Waals surface area contributed by atoms with Gasteiger partial charge in [0.1, 0.15) is 49.1 Å². The summed E-state index contributed by atoms with van der Waals surface area (Å²) >= 11 is 0.919. The highest BCUT2D eigenvalue weighted by molar-refractivity contribution is 8.00. The third-order valence-electron chi connectivity index (χ3n) is 10.7. The molecule has 0 aromatic rings. The first kappa shape index (κ1) is 60.0. The van der Waals surface area contributed by atoms with Gasteiger partial charge < -0.3 is 66.3 Å². The fourth-order valence-corrected chi connectivity index (χ4v) is 9.28. The van der Waals surface area contributed by atoms with E-state index in [0.29, 0.717) is 25.7 Å². The van der Waals surface area contributed by atoms with E-state index < -0.39 is 151 Å². The summed E-state index contributed by atoms with van der Waals surface area (Å²) in [6, 6.07) is -1.51. The van der Waals surface area contributed by atoms with Crippen LogP contribution in [0.3, 0.4) is 0 Å². The number of esters is 9. The van der Waals surface area contributed by atoms with Crippen LogP contribution in [0.15, 0.2) is 5.11 Å². The normalized spacial score (nSPS) is 30.2. The van der Waals surface area contributed by atoms with Crippen molar-refractivity contribution in [1.29, 1.82) is 0 Å². The molecule has 27 heteroatoms. The Balaban J connectivity index is 2.19. The Morgan fingerprint density at radius 2 is 0.972 bits per heavy atom. The standard InChI is InChI=1S/C44H65N3O23S/c1-21-34(61-24(4)50)38(64-27(7)53)41(66-29(9)55)44(71-21)70-40-39(65-28(8)54)36(62-25(5)51)31(20-60-23(3)49)68-43(40)69-35-30(19-59-22(2)48)67-42(33(46-47-45)37(35)63-26(6)52)58-18-16-14-12-11-13-15-17-32(56)57-10/h21,30-31,33-44H,11-20H2,1-10H3/t21-,30+,31+,33+,34+,35+,36-,37+,38+,39-,40+,41-,42+,43-,44+/m0/s1. The molecule has 0 aromatic carbocycles. The molecule has 26 nitrogen and oxygen atoms in total. The van der Waals surface area contributed by atoms with Crippen molar-refractivity contribution in [2.75, 3.05) is 26.9 Å². The third kappa shape index (κ3) is 19.7. The molecule has 3 rings (SSSR count). The van der Waals surface area contributed by atoms with Crippen LogP contribution in [0.1, 0.15) is 107 Å². The van der Waals surface area contributed by atoms with Crippen LogP contribution in [0.4, 0.5) is 0 Å². The lowest BCUT2D eigenvalue weighted by molar-refractivity contribution is -0.356. The summed E-state index contributed by atoms with van der Waals surface area (Å²) in [7, 11) is 1.33. The molecular formula is C44H65N3O23S. The van der Waals surface area contributed by atoms with Gasteiger partial charge in [0, 0.05) is 78.6 Å². The Hall–Kier alpha value is -5.31. The lowest BCUT2D eigenvalue weighted by atomic mass is 9.95. The third-order valence-corrected chi connectivity index (χ3v) is 12.0. The molecule has 0 bridgehead atoms. The van der Waals surface area contributed by atoms with Crippen molar-refractivity contribution >= 4 is 65.5 Å². The van der Waals surface area contributed by atoms with E-state index in [4.69, 9.17) is 61.6 Å². The molecule has 3 aliphatic heterocycles. The van der Waals surface area contributed by atoms with Crippen molar-refractivity contribution in [3.8, 4) is 0 Å². The van der Waals surface area contributed by atoms with Crippen LogP contribution in [0.5, 0.6) is 0 Å². The molecule has 0 aliphatic carbocycles. The monoisotopic (exact) mass is 1040 g/mol. The molecule has 3 saturated heterocycles. The van der Waals surface area contributed by atoms with Gasteiger partial charge in [0.2, 0.25) is 0 Å². The maximum Gasteiger partial charge on any atom is 0.305 e. The Labute approximate surface area is 414 Å². The zero-order valence-corrected chi connectivity index (χ0v) is 42.2. The highest BCUT2D eigenvalue weighted by atomic mass is 32.2. The SMILES string of the molecule is COC(=O)CCCCCCCCO[C@@H]1O[C@H](COC(C)=O)[C@@H](O[C@@H]2O[C@H](COC(C)=O)[C@H](OC(C)=O)[C@H](OC(C)=O)[C@H]2O[C@@H]2S[C@@H](C)[C@@H](OC(C)=O)[C@@H](OC(C)=O)[C@@H]2OC(C)=O)[C@H](OC(C)=O)[C@H]1N=[N+]=[N-]. The number of nitrogens with zero attached hydrogens (tertiary/aromatic N) is 3. The predicted octanol–water partition coefficient (Wildman–Crippen LogP) is 2.98. The van der Waals surface area contributed by atoms with Crippen molar-refractivity contribution in [1.82, 2.24) is 0 Å². The van der Waals surface area contributed by atoms with E-state index in [1.54, 1.807) is 6.92 Å². The Morgan fingerprint density at radius 1 is 0.521 bits per heavy atom. The quantitative estimate of drug-likeness (QED) is 0.0317. The molecule has 0 spiro atoms. The van der Waals surface area contributed by atoms with E-state index >= 15 is 0 Å². The summed E-state index contributed by atoms with van der Waals surface area (Å²) in [4.78, 5) is 115. The number of ether oxygens (including phenoxy) is 14. The molecule has 15 atom stereocenters. The maximum atomic E-state index is 13.0. The first-order valence-electron chi connectivity index (χ1n) is 22.9. The van der Waals surface area contributed by atoms with Gasteiger partial charge in [0.25, 0.3) is 0 Å². The lowest BCUT2D eigenvalue weighted by Gasteiger charge is -2.50. The maximum absolute atomic E-state index is 13.0. The molecule has 0 N–H and O–H groups in total. The van der Waals surface area contributed by atoms with Crippen molar-refractivity contribution in [2.45, 2.75) is 198 Å². The van der Waals surface area contributed by atoms with Gasteiger partial charge in [-0.3, -0.25) is 43.2 Å². The molecule has 0 unspecified atom stereocenters. The van der Waals surface area contributed by atoms with E-state index in [2.05, 4.69) is 14.8 Å². The van der Waals surface area contributed by atoms with E-state index in [9.17, 15) is 48.7 Å². The zero-order chi connectivity index (χ0) is 52.9. The highest BCUT2D eigenvalue weighted by Gasteiger charge is 2.59. The first-order valence-corrected chi connectivity index (χ1v) is 23.8. The molecule has 0 saturated carbocycles. The number of carbonyl (C=O) groups excluding carboxylic acids is 9. The minimum atomic E-state index is -1.93. The van der Waals surface area contributed by atoms with Crippen molar-refractivity contribution in [2.24, 2.45) is 5.11 Å². The van der Waals surface area contributed by atoms with Crippen LogP contribution in [-0.4, -0.2) is 171 Å². The Morgan fingerprint density at radius 3 is 1.49 bits per heavy atom. The summed E-state index contributed by atoms with van der Waals surface area (Å²) in [6.45, 7) is 8.93. The van der Waals surface area contributed by atoms with Crippen LogP contribution in [-0.2, 0) is 109 Å². The van der Waals surface area contributed by atoms with Crippen molar-refractivity contribution < 1.29 is 109 Å². The first-order chi connectivity index (χ1) is 33.6. The molecule has 0 aromatic heterocycles. The number of methoxy groups -OCH3 is 1. The predicted molar refractivity (Wildman–Crippen MR) is 238 cm³/mol. The van der Waals surface area contributed by atoms with Gasteiger partial charge >= 0.3 is 53.7 Å². The number of thioether (sulfide) groups is 1. The summed E-state index contributed by atoms with van der Waals surface area (Å²) in [5.41, 5.74) is 8.37. The zero-order valence-electron chi connectivity index (χ0n) is 41.4. The number of hydrogen-bond donors (Lipinski definition) is 0. The fraction of sp³-hybridized carbons (Fsp3) is 0.795. The van der Waals surface area contributed by atoms with Gasteiger partial charge in [-0.2, -0.15) is 0 Å².